The first-order valence-corrected chi connectivity index (χ1v) is 8.38. The predicted octanol–water partition coefficient (Wildman–Crippen LogP) is 3.28. The van der Waals surface area contributed by atoms with Crippen molar-refractivity contribution in [2.24, 2.45) is 0 Å². The third kappa shape index (κ3) is 8.84. The Kier molecular flexibility index (Phi) is 11.1. The van der Waals surface area contributed by atoms with Crippen molar-refractivity contribution >= 4 is 8.53 Å². The average Bonchev–Trinajstić information content (AvgIpc) is 2.41. The Morgan fingerprint density at radius 3 is 2.45 bits per heavy atom. The van der Waals surface area contributed by atoms with Gasteiger partial charge in [0.25, 0.3) is 8.53 Å². The summed E-state index contributed by atoms with van der Waals surface area (Å²) in [5.41, 5.74) is 0. The van der Waals surface area contributed by atoms with Crippen LogP contribution in [-0.2, 0) is 9.05 Å². The lowest BCUT2D eigenvalue weighted by Gasteiger charge is -2.35. The van der Waals surface area contributed by atoms with Gasteiger partial charge in [-0.05, 0) is 47.2 Å². The smallest absolute Gasteiger partial charge is 0.259 e. The Bertz CT molecular complexity index is 280. The molecule has 5 nitrogen and oxygen atoms in total. The summed E-state index contributed by atoms with van der Waals surface area (Å²) >= 11 is 0. The molecule has 0 amide bonds. The predicted molar refractivity (Wildman–Crippen MR) is 84.3 cm³/mol. The van der Waals surface area contributed by atoms with Crippen LogP contribution >= 0.6 is 8.53 Å². The Morgan fingerprint density at radius 2 is 1.90 bits per heavy atom. The van der Waals surface area contributed by atoms with Gasteiger partial charge >= 0.3 is 0 Å². The molecule has 1 N–H and O–H groups in total. The summed E-state index contributed by atoms with van der Waals surface area (Å²) < 4.78 is 21.0. The molecule has 0 spiro atoms. The highest BCUT2D eigenvalue weighted by atomic mass is 31.2. The van der Waals surface area contributed by atoms with Gasteiger partial charge in [0.15, 0.2) is 0 Å². The van der Waals surface area contributed by atoms with Crippen molar-refractivity contribution in [1.82, 2.24) is 9.99 Å². The first-order chi connectivity index (χ1) is 10.0. The molecule has 0 aromatic rings. The minimum atomic E-state index is -1.12. The van der Waals surface area contributed by atoms with Crippen LogP contribution in [0.2, 0.25) is 0 Å². The highest BCUT2D eigenvalue weighted by Gasteiger charge is 2.26. The average molecular weight is 305 g/mol. The van der Waals surface area contributed by atoms with Crippen molar-refractivity contribution in [3.8, 4) is 6.07 Å². The molecule has 0 fully saturated rings. The van der Waals surface area contributed by atoms with Crippen molar-refractivity contribution in [2.45, 2.75) is 59.5 Å². The summed E-state index contributed by atoms with van der Waals surface area (Å²) in [5, 5.41) is 11.8. The van der Waals surface area contributed by atoms with Crippen LogP contribution in [0.3, 0.4) is 0 Å². The molecule has 0 aliphatic heterocycles. The van der Waals surface area contributed by atoms with Gasteiger partial charge in [-0.1, -0.05) is 6.90 Å². The summed E-state index contributed by atoms with van der Waals surface area (Å²) in [6.45, 7) is 11.5. The molecule has 1 unspecified atom stereocenters. The molecule has 0 saturated carbocycles. The van der Waals surface area contributed by atoms with E-state index in [-0.39, 0.29) is 0 Å². The Morgan fingerprint density at radius 1 is 1.25 bits per heavy atom. The number of nitriles is 1. The molecule has 0 rings (SSSR count). The molecule has 0 radical (unpaired) electrons. The molecule has 118 valence electrons. The van der Waals surface area contributed by atoms with E-state index in [1.807, 2.05) is 0 Å². The minimum absolute atomic E-state index is 0.333. The van der Waals surface area contributed by atoms with Crippen LogP contribution in [-0.4, -0.2) is 43.1 Å². The second-order valence-corrected chi connectivity index (χ2v) is 6.44. The number of nitrogens with one attached hydrogen (secondary N) is 1. The van der Waals surface area contributed by atoms with Gasteiger partial charge in [-0.3, -0.25) is 0 Å². The molecule has 0 bridgehead atoms. The van der Waals surface area contributed by atoms with Gasteiger partial charge in [-0.15, -0.1) is 0 Å². The molecule has 1 atom stereocenters. The molecular formula is C14H30N3O2P. The fraction of sp³-hybridized carbons (Fsp3) is 0.929. The monoisotopic (exact) mass is 305 g/mol. The first kappa shape index (κ1) is 17.8. The standard InChI is InChI=1S/C14H30N3O2P/c1-6-16-10-8-12-19-20(18-11-7-9-15)17(13(2)3)14(4)5/h13-14,16H,6-8,10-12H2,1-5H3/i1T. The SMILES string of the molecule is [3H]CCNCCCOP(OCCC#N)N(C(C)C)C(C)C. The van der Waals surface area contributed by atoms with Crippen LogP contribution < -0.4 is 5.32 Å². The van der Waals surface area contributed by atoms with Crippen LogP contribution in [0.5, 0.6) is 0 Å². The van der Waals surface area contributed by atoms with Gasteiger partial charge in [0, 0.05) is 13.5 Å². The Hall–Kier alpha value is -0.240. The van der Waals surface area contributed by atoms with E-state index in [1.165, 1.54) is 0 Å². The molecule has 0 saturated heterocycles. The summed E-state index contributed by atoms with van der Waals surface area (Å²) in [7, 11) is -1.12. The normalized spacial score (nSPS) is 13.8. The summed E-state index contributed by atoms with van der Waals surface area (Å²) in [6.07, 6.45) is 1.28. The van der Waals surface area contributed by atoms with Gasteiger partial charge in [-0.25, -0.2) is 4.67 Å². The quantitative estimate of drug-likeness (QED) is 0.443. The fourth-order valence-corrected chi connectivity index (χ4v) is 3.41. The highest BCUT2D eigenvalue weighted by Crippen LogP contribution is 2.45. The third-order valence-electron chi connectivity index (χ3n) is 2.54. The van der Waals surface area contributed by atoms with Crippen LogP contribution in [0.4, 0.5) is 0 Å². The zero-order chi connectivity index (χ0) is 16.1. The van der Waals surface area contributed by atoms with Crippen molar-refractivity contribution in [1.29, 1.82) is 5.26 Å². The van der Waals surface area contributed by atoms with Crippen LogP contribution in [0.1, 0.15) is 48.8 Å². The lowest BCUT2D eigenvalue weighted by molar-refractivity contribution is 0.175. The first-order valence-electron chi connectivity index (χ1n) is 7.96. The second-order valence-electron chi connectivity index (χ2n) is 4.98. The lowest BCUT2D eigenvalue weighted by atomic mass is 10.3. The molecule has 6 heteroatoms. The van der Waals surface area contributed by atoms with Gasteiger partial charge in [0.2, 0.25) is 0 Å². The van der Waals surface area contributed by atoms with E-state index >= 15 is 0 Å². The van der Waals surface area contributed by atoms with Crippen molar-refractivity contribution in [3.05, 3.63) is 0 Å². The Labute approximate surface area is 127 Å². The largest absolute Gasteiger partial charge is 0.322 e. The Balaban J connectivity index is 4.27. The molecule has 0 aromatic heterocycles. The summed E-state index contributed by atoms with van der Waals surface area (Å²) in [6, 6.07) is 2.76. The number of rotatable bonds is 12. The van der Waals surface area contributed by atoms with Gasteiger partial charge < -0.3 is 14.4 Å². The van der Waals surface area contributed by atoms with E-state index in [0.29, 0.717) is 38.6 Å². The zero-order valence-electron chi connectivity index (χ0n) is 14.3. The lowest BCUT2D eigenvalue weighted by Crippen LogP contribution is -2.33. The molecular weight excluding hydrogens is 273 g/mol. The van der Waals surface area contributed by atoms with Crippen LogP contribution in [0, 0.1) is 11.3 Å². The fourth-order valence-electron chi connectivity index (χ4n) is 1.78. The maximum Gasteiger partial charge on any atom is 0.259 e. The number of nitrogens with zero attached hydrogens (tertiary/aromatic N) is 2. The van der Waals surface area contributed by atoms with E-state index in [0.717, 1.165) is 19.5 Å². The highest BCUT2D eigenvalue weighted by molar-refractivity contribution is 7.44. The summed E-state index contributed by atoms with van der Waals surface area (Å²) in [5.74, 6) is 0. The van der Waals surface area contributed by atoms with E-state index < -0.39 is 8.53 Å². The molecule has 20 heavy (non-hydrogen) atoms. The van der Waals surface area contributed by atoms with Crippen LogP contribution in [0.25, 0.3) is 0 Å². The van der Waals surface area contributed by atoms with Crippen molar-refractivity contribution in [2.75, 3.05) is 26.3 Å². The van der Waals surface area contributed by atoms with Crippen molar-refractivity contribution in [3.63, 3.8) is 0 Å². The third-order valence-corrected chi connectivity index (χ3v) is 4.65. The van der Waals surface area contributed by atoms with Gasteiger partial charge in [0.1, 0.15) is 0 Å². The van der Waals surface area contributed by atoms with E-state index in [2.05, 4.69) is 43.8 Å². The van der Waals surface area contributed by atoms with E-state index in [9.17, 15) is 0 Å². The van der Waals surface area contributed by atoms with E-state index in [4.69, 9.17) is 15.7 Å². The molecule has 0 aliphatic carbocycles. The van der Waals surface area contributed by atoms with Crippen molar-refractivity contribution < 1.29 is 10.4 Å². The topological polar surface area (TPSA) is 57.5 Å². The van der Waals surface area contributed by atoms with E-state index in [1.54, 1.807) is 0 Å². The molecule has 0 aliphatic rings. The van der Waals surface area contributed by atoms with Gasteiger partial charge in [0.05, 0.1) is 25.7 Å². The molecule has 0 aromatic carbocycles. The minimum Gasteiger partial charge on any atom is -0.322 e. The van der Waals surface area contributed by atoms with Gasteiger partial charge in [-0.2, -0.15) is 5.26 Å². The molecule has 0 heterocycles. The zero-order valence-corrected chi connectivity index (χ0v) is 14.2. The number of hydrogen-bond acceptors (Lipinski definition) is 5. The second kappa shape index (κ2) is 12.5. The maximum atomic E-state index is 8.63. The number of hydrogen-bond donors (Lipinski definition) is 1. The summed E-state index contributed by atoms with van der Waals surface area (Å²) in [4.78, 5) is 0. The maximum absolute atomic E-state index is 8.63. The van der Waals surface area contributed by atoms with Crippen LogP contribution in [0.15, 0.2) is 0 Å².